The van der Waals surface area contributed by atoms with Crippen LogP contribution in [0.4, 0.5) is 4.39 Å². The summed E-state index contributed by atoms with van der Waals surface area (Å²) in [4.78, 5) is 0. The molecule has 0 amide bonds. The molecule has 0 spiro atoms. The quantitative estimate of drug-likeness (QED) is 0.865. The minimum Gasteiger partial charge on any atom is -0.310 e. The SMILES string of the molecule is Cl.FC1(Cc2cccc3ccccc23)CNC1. The number of nitrogens with one attached hydrogen (secondary N) is 1. The monoisotopic (exact) mass is 251 g/mol. The summed E-state index contributed by atoms with van der Waals surface area (Å²) in [5.41, 5.74) is 0.0755. The van der Waals surface area contributed by atoms with E-state index in [-0.39, 0.29) is 12.4 Å². The number of hydrogen-bond acceptors (Lipinski definition) is 1. The van der Waals surface area contributed by atoms with E-state index in [1.165, 1.54) is 10.8 Å². The zero-order valence-electron chi connectivity index (χ0n) is 9.45. The van der Waals surface area contributed by atoms with Gasteiger partial charge in [0.1, 0.15) is 5.67 Å². The van der Waals surface area contributed by atoms with E-state index in [0.29, 0.717) is 19.5 Å². The van der Waals surface area contributed by atoms with Gasteiger partial charge in [-0.25, -0.2) is 4.39 Å². The van der Waals surface area contributed by atoms with Crippen molar-refractivity contribution in [3.8, 4) is 0 Å². The molecule has 0 radical (unpaired) electrons. The first-order valence-corrected chi connectivity index (χ1v) is 5.63. The van der Waals surface area contributed by atoms with Crippen LogP contribution in [0.2, 0.25) is 0 Å². The van der Waals surface area contributed by atoms with Crippen molar-refractivity contribution in [3.05, 3.63) is 48.0 Å². The van der Waals surface area contributed by atoms with E-state index < -0.39 is 5.67 Å². The van der Waals surface area contributed by atoms with Crippen LogP contribution in [-0.4, -0.2) is 18.8 Å². The van der Waals surface area contributed by atoms with Crippen molar-refractivity contribution in [2.45, 2.75) is 12.1 Å². The lowest BCUT2D eigenvalue weighted by Gasteiger charge is -2.35. The van der Waals surface area contributed by atoms with Crippen LogP contribution in [0.1, 0.15) is 5.56 Å². The fraction of sp³-hybridized carbons (Fsp3) is 0.286. The Morgan fingerprint density at radius 1 is 1.06 bits per heavy atom. The molecule has 1 nitrogen and oxygen atoms in total. The van der Waals surface area contributed by atoms with Crippen LogP contribution >= 0.6 is 12.4 Å². The Hall–Kier alpha value is -1.12. The van der Waals surface area contributed by atoms with Crippen molar-refractivity contribution in [2.75, 3.05) is 13.1 Å². The first-order chi connectivity index (χ1) is 7.77. The topological polar surface area (TPSA) is 12.0 Å². The number of hydrogen-bond donors (Lipinski definition) is 1. The molecule has 0 saturated carbocycles. The maximum Gasteiger partial charge on any atom is 0.139 e. The molecule has 1 heterocycles. The zero-order valence-corrected chi connectivity index (χ0v) is 10.3. The highest BCUT2D eigenvalue weighted by molar-refractivity contribution is 5.86. The second kappa shape index (κ2) is 4.63. The summed E-state index contributed by atoms with van der Waals surface area (Å²) in [6.07, 6.45) is 0.515. The van der Waals surface area contributed by atoms with E-state index in [1.54, 1.807) is 0 Å². The molecule has 0 aromatic heterocycles. The summed E-state index contributed by atoms with van der Waals surface area (Å²) in [7, 11) is 0. The van der Waals surface area contributed by atoms with Gasteiger partial charge in [0.2, 0.25) is 0 Å². The lowest BCUT2D eigenvalue weighted by Crippen LogP contribution is -2.57. The van der Waals surface area contributed by atoms with Gasteiger partial charge in [0, 0.05) is 19.5 Å². The Kier molecular flexibility index (Phi) is 3.36. The molecule has 1 saturated heterocycles. The molecule has 2 aromatic carbocycles. The van der Waals surface area contributed by atoms with Gasteiger partial charge in [0.05, 0.1) is 0 Å². The van der Waals surface area contributed by atoms with Crippen LogP contribution < -0.4 is 5.32 Å². The molecular weight excluding hydrogens is 237 g/mol. The highest BCUT2D eigenvalue weighted by Crippen LogP contribution is 2.27. The average molecular weight is 252 g/mol. The number of halogens is 2. The van der Waals surface area contributed by atoms with Gasteiger partial charge >= 0.3 is 0 Å². The number of alkyl halides is 1. The summed E-state index contributed by atoms with van der Waals surface area (Å²) in [6, 6.07) is 14.3. The van der Waals surface area contributed by atoms with E-state index in [4.69, 9.17) is 0 Å². The fourth-order valence-electron chi connectivity index (χ4n) is 2.31. The van der Waals surface area contributed by atoms with Crippen LogP contribution in [-0.2, 0) is 6.42 Å². The number of rotatable bonds is 2. The van der Waals surface area contributed by atoms with Crippen molar-refractivity contribution < 1.29 is 4.39 Å². The van der Waals surface area contributed by atoms with E-state index in [1.807, 2.05) is 24.3 Å². The highest BCUT2D eigenvalue weighted by atomic mass is 35.5. The predicted octanol–water partition coefficient (Wildman–Crippen LogP) is 3.12. The van der Waals surface area contributed by atoms with Crippen LogP contribution in [0.25, 0.3) is 10.8 Å². The summed E-state index contributed by atoms with van der Waals surface area (Å²) in [5.74, 6) is 0. The molecule has 0 unspecified atom stereocenters. The maximum absolute atomic E-state index is 14.1. The van der Waals surface area contributed by atoms with Crippen molar-refractivity contribution in [2.24, 2.45) is 0 Å². The third kappa shape index (κ3) is 2.28. The smallest absolute Gasteiger partial charge is 0.139 e. The van der Waals surface area contributed by atoms with Gasteiger partial charge in [0.15, 0.2) is 0 Å². The van der Waals surface area contributed by atoms with E-state index >= 15 is 0 Å². The Morgan fingerprint density at radius 2 is 1.76 bits per heavy atom. The Labute approximate surface area is 106 Å². The second-order valence-electron chi connectivity index (χ2n) is 4.57. The van der Waals surface area contributed by atoms with Crippen molar-refractivity contribution in [1.29, 1.82) is 0 Å². The fourth-order valence-corrected chi connectivity index (χ4v) is 2.31. The molecular formula is C14H15ClFN. The van der Waals surface area contributed by atoms with Gasteiger partial charge in [-0.3, -0.25) is 0 Å². The van der Waals surface area contributed by atoms with Crippen LogP contribution in [0.3, 0.4) is 0 Å². The van der Waals surface area contributed by atoms with Crippen molar-refractivity contribution in [3.63, 3.8) is 0 Å². The minimum atomic E-state index is -1.04. The standard InChI is InChI=1S/C14H14FN.ClH/c15-14(9-16-10-14)8-12-6-3-5-11-4-1-2-7-13(11)12;/h1-7,16H,8-10H2;1H. The third-order valence-electron chi connectivity index (χ3n) is 3.27. The molecule has 0 atom stereocenters. The van der Waals surface area contributed by atoms with Gasteiger partial charge < -0.3 is 5.32 Å². The van der Waals surface area contributed by atoms with Gasteiger partial charge in [0.25, 0.3) is 0 Å². The van der Waals surface area contributed by atoms with E-state index in [0.717, 1.165) is 5.56 Å². The third-order valence-corrected chi connectivity index (χ3v) is 3.27. The normalized spacial score (nSPS) is 17.2. The van der Waals surface area contributed by atoms with Crippen LogP contribution in [0.5, 0.6) is 0 Å². The predicted molar refractivity (Wildman–Crippen MR) is 71.6 cm³/mol. The van der Waals surface area contributed by atoms with Gasteiger partial charge in [-0.15, -0.1) is 12.4 Å². The first-order valence-electron chi connectivity index (χ1n) is 5.63. The van der Waals surface area contributed by atoms with E-state index in [2.05, 4.69) is 23.5 Å². The molecule has 1 N–H and O–H groups in total. The molecule has 0 aliphatic carbocycles. The molecule has 3 rings (SSSR count). The molecule has 0 bridgehead atoms. The minimum absolute atomic E-state index is 0. The van der Waals surface area contributed by atoms with Gasteiger partial charge in [-0.05, 0) is 16.3 Å². The summed E-state index contributed by atoms with van der Waals surface area (Å²) in [5, 5.41) is 5.36. The molecule has 1 fully saturated rings. The van der Waals surface area contributed by atoms with E-state index in [9.17, 15) is 4.39 Å². The largest absolute Gasteiger partial charge is 0.310 e. The molecule has 17 heavy (non-hydrogen) atoms. The lowest BCUT2D eigenvalue weighted by molar-refractivity contribution is 0.0915. The van der Waals surface area contributed by atoms with Crippen molar-refractivity contribution >= 4 is 23.2 Å². The number of benzene rings is 2. The molecule has 2 aromatic rings. The molecule has 1 aliphatic rings. The Bertz CT molecular complexity index is 517. The first kappa shape index (κ1) is 12.3. The number of fused-ring (bicyclic) bond motifs is 1. The Balaban J connectivity index is 0.00000108. The molecule has 90 valence electrons. The Morgan fingerprint density at radius 3 is 2.47 bits per heavy atom. The van der Waals surface area contributed by atoms with Crippen molar-refractivity contribution in [1.82, 2.24) is 5.32 Å². The summed E-state index contributed by atoms with van der Waals surface area (Å²) in [6.45, 7) is 0.965. The van der Waals surface area contributed by atoms with Crippen LogP contribution in [0.15, 0.2) is 42.5 Å². The zero-order chi connectivity index (χ0) is 11.0. The second-order valence-corrected chi connectivity index (χ2v) is 4.57. The lowest BCUT2D eigenvalue weighted by atomic mass is 9.89. The molecule has 1 aliphatic heterocycles. The highest BCUT2D eigenvalue weighted by Gasteiger charge is 2.37. The van der Waals surface area contributed by atoms with Gasteiger partial charge in [-0.1, -0.05) is 42.5 Å². The summed E-state index contributed by atoms with van der Waals surface area (Å²) < 4.78 is 14.1. The maximum atomic E-state index is 14.1. The van der Waals surface area contributed by atoms with Gasteiger partial charge in [-0.2, -0.15) is 0 Å². The molecule has 3 heteroatoms. The average Bonchev–Trinajstić information content (AvgIpc) is 2.27. The summed E-state index contributed by atoms with van der Waals surface area (Å²) >= 11 is 0. The van der Waals surface area contributed by atoms with Crippen LogP contribution in [0, 0.1) is 0 Å².